The second kappa shape index (κ2) is 12.0. The van der Waals surface area contributed by atoms with Crippen LogP contribution in [0, 0.1) is 30.5 Å². The minimum absolute atomic E-state index is 0.271. The van der Waals surface area contributed by atoms with Gasteiger partial charge in [0.2, 0.25) is 0 Å². The van der Waals surface area contributed by atoms with Gasteiger partial charge >= 0.3 is 5.97 Å². The summed E-state index contributed by atoms with van der Waals surface area (Å²) in [5, 5.41) is 10.0. The van der Waals surface area contributed by atoms with Gasteiger partial charge in [0, 0.05) is 31.2 Å². The third-order valence-electron chi connectivity index (χ3n) is 8.95. The molecule has 1 aromatic heterocycles. The van der Waals surface area contributed by atoms with Crippen molar-refractivity contribution in [3.05, 3.63) is 65.2 Å². The number of rotatable bonds is 11. The van der Waals surface area contributed by atoms with Gasteiger partial charge < -0.3 is 10.0 Å². The highest BCUT2D eigenvalue weighted by Gasteiger charge is 2.42. The summed E-state index contributed by atoms with van der Waals surface area (Å²) >= 11 is 0. The first kappa shape index (κ1) is 26.3. The second-order valence-corrected chi connectivity index (χ2v) is 11.9. The summed E-state index contributed by atoms with van der Waals surface area (Å²) in [6.07, 6.45) is 10.2. The van der Waals surface area contributed by atoms with Crippen LogP contribution in [-0.2, 0) is 11.2 Å². The topological polar surface area (TPSA) is 56.7 Å². The number of hydrogen-bond acceptors (Lipinski definition) is 4. The van der Waals surface area contributed by atoms with Crippen LogP contribution in [0.2, 0.25) is 0 Å². The van der Waals surface area contributed by atoms with Crippen molar-refractivity contribution in [3.8, 4) is 0 Å². The van der Waals surface area contributed by atoms with Gasteiger partial charge in [0.1, 0.15) is 11.9 Å². The molecular weight excluding hydrogens is 465 g/mol. The number of benzene rings is 1. The highest BCUT2D eigenvalue weighted by atomic mass is 19.1. The number of nitrogens with zero attached hydrogens (tertiary/aromatic N) is 3. The molecule has 2 aliphatic heterocycles. The molecule has 2 saturated heterocycles. The van der Waals surface area contributed by atoms with E-state index in [2.05, 4.69) is 46.0 Å². The summed E-state index contributed by atoms with van der Waals surface area (Å²) < 4.78 is 13.1. The van der Waals surface area contributed by atoms with Crippen LogP contribution in [-0.4, -0.2) is 64.6 Å². The Kier molecular flexibility index (Phi) is 8.56. The van der Waals surface area contributed by atoms with Crippen molar-refractivity contribution < 1.29 is 14.3 Å². The fourth-order valence-corrected chi connectivity index (χ4v) is 6.61. The highest BCUT2D eigenvalue weighted by molar-refractivity contribution is 5.73. The molecule has 0 bridgehead atoms. The van der Waals surface area contributed by atoms with Crippen LogP contribution in [0.5, 0.6) is 0 Å². The number of carboxylic acids is 1. The predicted octanol–water partition coefficient (Wildman–Crippen LogP) is 5.53. The molecule has 200 valence electrons. The summed E-state index contributed by atoms with van der Waals surface area (Å²) in [7, 11) is 0. The first-order valence-electron chi connectivity index (χ1n) is 14.3. The van der Waals surface area contributed by atoms with Crippen LogP contribution in [0.25, 0.3) is 0 Å². The van der Waals surface area contributed by atoms with Gasteiger partial charge in [-0.1, -0.05) is 42.7 Å². The van der Waals surface area contributed by atoms with Crippen LogP contribution in [0.1, 0.15) is 67.7 Å². The molecule has 3 heterocycles. The van der Waals surface area contributed by atoms with Gasteiger partial charge in [-0.25, -0.2) is 4.39 Å². The molecule has 0 amide bonds. The van der Waals surface area contributed by atoms with E-state index in [1.165, 1.54) is 55.5 Å². The normalized spacial score (nSPS) is 24.4. The van der Waals surface area contributed by atoms with E-state index in [1.54, 1.807) is 6.07 Å². The van der Waals surface area contributed by atoms with Crippen LogP contribution in [0.3, 0.4) is 0 Å². The SMILES string of the molecule is Cc1cccc(C2CN(C(CC3CC3)C(=O)O)CC2CN2CCC(CCCc3ccc(F)cn3)CC2)c1. The number of aromatic nitrogens is 1. The number of carbonyl (C=O) groups is 1. The molecule has 6 heteroatoms. The van der Waals surface area contributed by atoms with Gasteiger partial charge in [-0.3, -0.25) is 14.7 Å². The largest absolute Gasteiger partial charge is 0.480 e. The number of likely N-dealkylation sites (tertiary alicyclic amines) is 2. The minimum atomic E-state index is -0.646. The summed E-state index contributed by atoms with van der Waals surface area (Å²) in [5.74, 6) is 1.29. The molecule has 2 aromatic rings. The number of hydrogen-bond donors (Lipinski definition) is 1. The summed E-state index contributed by atoms with van der Waals surface area (Å²) in [6.45, 7) is 7.19. The summed E-state index contributed by atoms with van der Waals surface area (Å²) in [5.41, 5.74) is 3.62. The van der Waals surface area contributed by atoms with Crippen molar-refractivity contribution in [2.24, 2.45) is 17.8 Å². The number of halogens is 1. The Hall–Kier alpha value is -2.31. The Labute approximate surface area is 221 Å². The number of aryl methyl sites for hydroxylation is 2. The zero-order valence-electron chi connectivity index (χ0n) is 22.2. The number of pyridine rings is 1. The first-order valence-corrected chi connectivity index (χ1v) is 14.3. The van der Waals surface area contributed by atoms with Crippen molar-refractivity contribution in [2.45, 2.75) is 70.3 Å². The highest BCUT2D eigenvalue weighted by Crippen LogP contribution is 2.39. The maximum atomic E-state index is 13.1. The molecule has 1 aromatic carbocycles. The van der Waals surface area contributed by atoms with Crippen molar-refractivity contribution >= 4 is 5.97 Å². The average molecular weight is 508 g/mol. The van der Waals surface area contributed by atoms with E-state index < -0.39 is 5.97 Å². The van der Waals surface area contributed by atoms with Crippen molar-refractivity contribution in [3.63, 3.8) is 0 Å². The van der Waals surface area contributed by atoms with E-state index >= 15 is 0 Å². The van der Waals surface area contributed by atoms with Crippen molar-refractivity contribution in [1.82, 2.24) is 14.8 Å². The molecular formula is C31H42FN3O2. The molecule has 3 aliphatic rings. The van der Waals surface area contributed by atoms with E-state index in [0.29, 0.717) is 17.8 Å². The summed E-state index contributed by atoms with van der Waals surface area (Å²) in [4.78, 5) is 21.3. The molecule has 1 saturated carbocycles. The molecule has 3 unspecified atom stereocenters. The van der Waals surface area contributed by atoms with E-state index in [9.17, 15) is 14.3 Å². The predicted molar refractivity (Wildman–Crippen MR) is 144 cm³/mol. The molecule has 0 spiro atoms. The van der Waals surface area contributed by atoms with Gasteiger partial charge in [0.05, 0.1) is 6.20 Å². The van der Waals surface area contributed by atoms with Crippen LogP contribution in [0.4, 0.5) is 4.39 Å². The lowest BCUT2D eigenvalue weighted by Gasteiger charge is -2.35. The van der Waals surface area contributed by atoms with E-state index in [1.807, 2.05) is 0 Å². The lowest BCUT2D eigenvalue weighted by molar-refractivity contribution is -0.143. The monoisotopic (exact) mass is 507 g/mol. The average Bonchev–Trinajstić information content (AvgIpc) is 3.62. The lowest BCUT2D eigenvalue weighted by Crippen LogP contribution is -2.41. The van der Waals surface area contributed by atoms with Gasteiger partial charge in [0.15, 0.2) is 0 Å². The molecule has 1 aliphatic carbocycles. The van der Waals surface area contributed by atoms with Crippen LogP contribution >= 0.6 is 0 Å². The Morgan fingerprint density at radius 1 is 1.11 bits per heavy atom. The van der Waals surface area contributed by atoms with Gasteiger partial charge in [0.25, 0.3) is 0 Å². The Morgan fingerprint density at radius 3 is 2.59 bits per heavy atom. The third-order valence-corrected chi connectivity index (χ3v) is 8.95. The Balaban J connectivity index is 1.16. The van der Waals surface area contributed by atoms with Gasteiger partial charge in [-0.15, -0.1) is 0 Å². The number of carboxylic acid groups (broad SMARTS) is 1. The smallest absolute Gasteiger partial charge is 0.320 e. The lowest BCUT2D eigenvalue weighted by atomic mass is 9.86. The molecule has 0 radical (unpaired) electrons. The number of piperidine rings is 1. The fraction of sp³-hybridized carbons (Fsp3) is 0.613. The molecule has 1 N–H and O–H groups in total. The summed E-state index contributed by atoms with van der Waals surface area (Å²) in [6, 6.07) is 11.8. The van der Waals surface area contributed by atoms with Crippen molar-refractivity contribution in [1.29, 1.82) is 0 Å². The van der Waals surface area contributed by atoms with Gasteiger partial charge in [-0.2, -0.15) is 0 Å². The molecule has 37 heavy (non-hydrogen) atoms. The molecule has 5 rings (SSSR count). The Bertz CT molecular complexity index is 1030. The van der Waals surface area contributed by atoms with Crippen LogP contribution < -0.4 is 0 Å². The van der Waals surface area contributed by atoms with Crippen LogP contribution in [0.15, 0.2) is 42.6 Å². The molecule has 3 fully saturated rings. The zero-order valence-corrected chi connectivity index (χ0v) is 22.2. The number of aliphatic carboxylic acids is 1. The van der Waals surface area contributed by atoms with Crippen molar-refractivity contribution in [2.75, 3.05) is 32.7 Å². The first-order chi connectivity index (χ1) is 17.9. The zero-order chi connectivity index (χ0) is 25.8. The minimum Gasteiger partial charge on any atom is -0.480 e. The third kappa shape index (κ3) is 7.17. The molecule has 5 nitrogen and oxygen atoms in total. The van der Waals surface area contributed by atoms with E-state index in [-0.39, 0.29) is 11.9 Å². The standard InChI is InChI=1S/C31H42FN3O2/c1-22-4-2-6-25(16-22)29-21-35(30(31(36)37)17-24-8-9-24)20-26(29)19-34-14-12-23(13-15-34)5-3-7-28-11-10-27(32)18-33-28/h2,4,6,10-11,16,18,23-24,26,29-30H,3,5,7-9,12-15,17,19-21H2,1H3,(H,36,37). The quantitative estimate of drug-likeness (QED) is 0.433. The second-order valence-electron chi connectivity index (χ2n) is 11.9. The maximum absolute atomic E-state index is 13.1. The maximum Gasteiger partial charge on any atom is 0.320 e. The van der Waals surface area contributed by atoms with E-state index in [0.717, 1.165) is 63.6 Å². The van der Waals surface area contributed by atoms with Gasteiger partial charge in [-0.05, 0) is 94.0 Å². The van der Waals surface area contributed by atoms with E-state index in [4.69, 9.17) is 0 Å². The Morgan fingerprint density at radius 2 is 1.92 bits per heavy atom. The fourth-order valence-electron chi connectivity index (χ4n) is 6.61. The molecule has 3 atom stereocenters.